The van der Waals surface area contributed by atoms with E-state index in [9.17, 15) is 4.79 Å². The molecule has 6 heteroatoms. The fourth-order valence-corrected chi connectivity index (χ4v) is 2.35. The lowest BCUT2D eigenvalue weighted by Crippen LogP contribution is -2.08. The number of para-hydroxylation sites is 1. The molecule has 1 aromatic heterocycles. The molecule has 0 bridgehead atoms. The average molecular weight is 355 g/mol. The van der Waals surface area contributed by atoms with Gasteiger partial charge < -0.3 is 5.32 Å². The Morgan fingerprint density at radius 3 is 2.75 bits per heavy atom. The van der Waals surface area contributed by atoms with Crippen LogP contribution in [0.1, 0.15) is 11.3 Å². The number of anilines is 1. The van der Waals surface area contributed by atoms with Gasteiger partial charge >= 0.3 is 0 Å². The van der Waals surface area contributed by atoms with Gasteiger partial charge in [-0.2, -0.15) is 5.10 Å². The SMILES string of the molecule is Cc1nn(C)c(Cl)c1/C=C/C(=O)Nc1ccccc1Br. The van der Waals surface area contributed by atoms with Crippen LogP contribution in [0.2, 0.25) is 5.15 Å². The standard InChI is InChI=1S/C14H13BrClN3O/c1-9-10(14(16)19(2)18-9)7-8-13(20)17-12-6-4-3-5-11(12)15/h3-8H,1-2H3,(H,17,20)/b8-7+. The van der Waals surface area contributed by atoms with Crippen LogP contribution in [0.4, 0.5) is 5.69 Å². The number of aromatic nitrogens is 2. The van der Waals surface area contributed by atoms with E-state index < -0.39 is 0 Å². The number of hydrogen-bond acceptors (Lipinski definition) is 2. The summed E-state index contributed by atoms with van der Waals surface area (Å²) in [4.78, 5) is 11.9. The van der Waals surface area contributed by atoms with Crippen LogP contribution >= 0.6 is 27.5 Å². The second kappa shape index (κ2) is 6.24. The van der Waals surface area contributed by atoms with Crippen molar-refractivity contribution in [2.45, 2.75) is 6.92 Å². The van der Waals surface area contributed by atoms with Crippen molar-refractivity contribution in [2.24, 2.45) is 7.05 Å². The molecule has 0 saturated carbocycles. The molecule has 1 amide bonds. The maximum absolute atomic E-state index is 11.9. The predicted molar refractivity (Wildman–Crippen MR) is 84.8 cm³/mol. The minimum Gasteiger partial charge on any atom is -0.321 e. The number of benzene rings is 1. The van der Waals surface area contributed by atoms with Crippen LogP contribution in [0.15, 0.2) is 34.8 Å². The summed E-state index contributed by atoms with van der Waals surface area (Å²) in [6, 6.07) is 7.42. The molecule has 2 aromatic rings. The van der Waals surface area contributed by atoms with Gasteiger partial charge in [0.1, 0.15) is 5.15 Å². The predicted octanol–water partition coefficient (Wildman–Crippen LogP) is 3.80. The first kappa shape index (κ1) is 14.8. The fourth-order valence-electron chi connectivity index (χ4n) is 1.73. The summed E-state index contributed by atoms with van der Waals surface area (Å²) in [6.07, 6.45) is 3.10. The Morgan fingerprint density at radius 1 is 1.45 bits per heavy atom. The molecule has 0 unspecified atom stereocenters. The van der Waals surface area contributed by atoms with E-state index in [2.05, 4.69) is 26.3 Å². The van der Waals surface area contributed by atoms with Crippen LogP contribution in [0, 0.1) is 6.92 Å². The first-order chi connectivity index (χ1) is 9.49. The third-order valence-corrected chi connectivity index (χ3v) is 3.87. The van der Waals surface area contributed by atoms with Crippen LogP contribution < -0.4 is 5.32 Å². The Hall–Kier alpha value is -1.59. The number of rotatable bonds is 3. The van der Waals surface area contributed by atoms with Gasteiger partial charge in [0, 0.05) is 23.2 Å². The van der Waals surface area contributed by atoms with Crippen molar-refractivity contribution in [3.05, 3.63) is 51.2 Å². The molecule has 0 aliphatic heterocycles. The molecule has 4 nitrogen and oxygen atoms in total. The molecule has 0 saturated heterocycles. The second-order valence-corrected chi connectivity index (χ2v) is 5.43. The van der Waals surface area contributed by atoms with E-state index in [0.29, 0.717) is 5.15 Å². The van der Waals surface area contributed by atoms with Crippen molar-refractivity contribution >= 4 is 45.2 Å². The fraction of sp³-hybridized carbons (Fsp3) is 0.143. The van der Waals surface area contributed by atoms with E-state index in [4.69, 9.17) is 11.6 Å². The normalized spacial score (nSPS) is 11.0. The van der Waals surface area contributed by atoms with E-state index >= 15 is 0 Å². The first-order valence-electron chi connectivity index (χ1n) is 5.91. The molecule has 0 atom stereocenters. The number of nitrogens with one attached hydrogen (secondary N) is 1. The zero-order chi connectivity index (χ0) is 14.7. The topological polar surface area (TPSA) is 46.9 Å². The van der Waals surface area contributed by atoms with E-state index in [1.807, 2.05) is 31.2 Å². The number of carbonyl (C=O) groups is 1. The Morgan fingerprint density at radius 2 is 2.15 bits per heavy atom. The number of hydrogen-bond donors (Lipinski definition) is 1. The van der Waals surface area contributed by atoms with Gasteiger partial charge in [0.15, 0.2) is 0 Å². The maximum Gasteiger partial charge on any atom is 0.248 e. The molecular weight excluding hydrogens is 342 g/mol. The van der Waals surface area contributed by atoms with Crippen molar-refractivity contribution in [3.8, 4) is 0 Å². The number of carbonyl (C=O) groups excluding carboxylic acids is 1. The summed E-state index contributed by atoms with van der Waals surface area (Å²) >= 11 is 9.47. The molecule has 1 heterocycles. The van der Waals surface area contributed by atoms with Crippen molar-refractivity contribution in [2.75, 3.05) is 5.32 Å². The van der Waals surface area contributed by atoms with Crippen molar-refractivity contribution in [1.82, 2.24) is 9.78 Å². The molecule has 104 valence electrons. The lowest BCUT2D eigenvalue weighted by atomic mass is 10.2. The van der Waals surface area contributed by atoms with Crippen LogP contribution in [-0.4, -0.2) is 15.7 Å². The Labute approximate surface area is 130 Å². The number of nitrogens with zero attached hydrogens (tertiary/aromatic N) is 2. The Balaban J connectivity index is 2.12. The molecule has 0 aliphatic carbocycles. The quantitative estimate of drug-likeness (QED) is 0.852. The molecule has 0 fully saturated rings. The lowest BCUT2D eigenvalue weighted by Gasteiger charge is -2.03. The minimum absolute atomic E-state index is 0.226. The lowest BCUT2D eigenvalue weighted by molar-refractivity contribution is -0.111. The van der Waals surface area contributed by atoms with Crippen molar-refractivity contribution < 1.29 is 4.79 Å². The first-order valence-corrected chi connectivity index (χ1v) is 7.09. The zero-order valence-electron chi connectivity index (χ0n) is 11.0. The van der Waals surface area contributed by atoms with Gasteiger partial charge in [-0.3, -0.25) is 9.48 Å². The molecule has 1 aromatic carbocycles. The van der Waals surface area contributed by atoms with E-state index in [1.165, 1.54) is 6.08 Å². The zero-order valence-corrected chi connectivity index (χ0v) is 13.4. The van der Waals surface area contributed by atoms with E-state index in [1.54, 1.807) is 17.8 Å². The van der Waals surface area contributed by atoms with Gasteiger partial charge in [0.05, 0.1) is 11.4 Å². The van der Waals surface area contributed by atoms with Gasteiger partial charge in [0.25, 0.3) is 0 Å². The van der Waals surface area contributed by atoms with Crippen LogP contribution in [0.3, 0.4) is 0 Å². The van der Waals surface area contributed by atoms with E-state index in [0.717, 1.165) is 21.4 Å². The highest BCUT2D eigenvalue weighted by atomic mass is 79.9. The highest BCUT2D eigenvalue weighted by molar-refractivity contribution is 9.10. The third-order valence-electron chi connectivity index (χ3n) is 2.73. The summed E-state index contributed by atoms with van der Waals surface area (Å²) < 4.78 is 2.40. The summed E-state index contributed by atoms with van der Waals surface area (Å²) in [5.41, 5.74) is 2.25. The van der Waals surface area contributed by atoms with Crippen molar-refractivity contribution in [1.29, 1.82) is 0 Å². The number of halogens is 2. The van der Waals surface area contributed by atoms with Gasteiger partial charge in [-0.15, -0.1) is 0 Å². The third kappa shape index (κ3) is 3.29. The molecule has 0 aliphatic rings. The number of aryl methyl sites for hydroxylation is 2. The minimum atomic E-state index is -0.226. The average Bonchev–Trinajstić information content (AvgIpc) is 2.64. The second-order valence-electron chi connectivity index (χ2n) is 4.22. The summed E-state index contributed by atoms with van der Waals surface area (Å²) in [5.74, 6) is -0.226. The Kier molecular flexibility index (Phi) is 4.62. The van der Waals surface area contributed by atoms with Crippen LogP contribution in [0.5, 0.6) is 0 Å². The highest BCUT2D eigenvalue weighted by Gasteiger charge is 2.08. The van der Waals surface area contributed by atoms with Crippen LogP contribution in [0.25, 0.3) is 6.08 Å². The molecule has 1 N–H and O–H groups in total. The molecule has 20 heavy (non-hydrogen) atoms. The maximum atomic E-state index is 11.9. The molecule has 2 rings (SSSR count). The molecule has 0 radical (unpaired) electrons. The summed E-state index contributed by atoms with van der Waals surface area (Å²) in [5, 5.41) is 7.47. The van der Waals surface area contributed by atoms with Crippen molar-refractivity contribution in [3.63, 3.8) is 0 Å². The van der Waals surface area contributed by atoms with Gasteiger partial charge in [0.2, 0.25) is 5.91 Å². The van der Waals surface area contributed by atoms with Gasteiger partial charge in [-0.25, -0.2) is 0 Å². The largest absolute Gasteiger partial charge is 0.321 e. The number of amides is 1. The monoisotopic (exact) mass is 353 g/mol. The van der Waals surface area contributed by atoms with Crippen LogP contribution in [-0.2, 0) is 11.8 Å². The molecule has 0 spiro atoms. The van der Waals surface area contributed by atoms with E-state index in [-0.39, 0.29) is 5.91 Å². The summed E-state index contributed by atoms with van der Waals surface area (Å²) in [6.45, 7) is 1.84. The molecular formula is C14H13BrClN3O. The smallest absolute Gasteiger partial charge is 0.248 e. The Bertz CT molecular complexity index is 679. The summed E-state index contributed by atoms with van der Waals surface area (Å²) in [7, 11) is 1.76. The van der Waals surface area contributed by atoms with Gasteiger partial charge in [-0.05, 0) is 41.1 Å². The van der Waals surface area contributed by atoms with Gasteiger partial charge in [-0.1, -0.05) is 23.7 Å². The highest BCUT2D eigenvalue weighted by Crippen LogP contribution is 2.22.